The van der Waals surface area contributed by atoms with E-state index in [-0.39, 0.29) is 0 Å². The Balaban J connectivity index is 2.07. The smallest absolute Gasteiger partial charge is 0.0272 e. The first-order chi connectivity index (χ1) is 5.29. The first-order valence-corrected chi connectivity index (χ1v) is 4.80. The van der Waals surface area contributed by atoms with Crippen LogP contribution in [0.25, 0.3) is 0 Å². The molecular weight excluding hydrogens is 136 g/mol. The summed E-state index contributed by atoms with van der Waals surface area (Å²) < 4.78 is 0. The molecule has 1 heterocycles. The molecule has 0 spiro atoms. The van der Waals surface area contributed by atoms with Gasteiger partial charge in [-0.25, -0.2) is 5.01 Å². The molecule has 3 atom stereocenters. The van der Waals surface area contributed by atoms with Gasteiger partial charge in [-0.1, -0.05) is 19.8 Å². The van der Waals surface area contributed by atoms with E-state index in [0.29, 0.717) is 0 Å². The quantitative estimate of drug-likeness (QED) is 0.534. The van der Waals surface area contributed by atoms with Crippen LogP contribution in [0.2, 0.25) is 0 Å². The maximum Gasteiger partial charge on any atom is 0.0272 e. The summed E-state index contributed by atoms with van der Waals surface area (Å²) in [7, 11) is 0. The van der Waals surface area contributed by atoms with Crippen molar-refractivity contribution in [2.24, 2.45) is 17.7 Å². The second kappa shape index (κ2) is 2.76. The Morgan fingerprint density at radius 3 is 2.73 bits per heavy atom. The summed E-state index contributed by atoms with van der Waals surface area (Å²) in [5.74, 6) is 7.66. The summed E-state index contributed by atoms with van der Waals surface area (Å²) in [5.41, 5.74) is 0. The van der Waals surface area contributed by atoms with E-state index in [4.69, 9.17) is 5.84 Å². The molecule has 2 N–H and O–H groups in total. The fourth-order valence-corrected chi connectivity index (χ4v) is 2.82. The molecule has 2 fully saturated rings. The van der Waals surface area contributed by atoms with Crippen molar-refractivity contribution in [3.63, 3.8) is 0 Å². The molecule has 0 unspecified atom stereocenters. The number of hydrazine groups is 1. The van der Waals surface area contributed by atoms with Gasteiger partial charge in [-0.05, 0) is 24.7 Å². The molecule has 1 saturated carbocycles. The third kappa shape index (κ3) is 1.18. The molecule has 2 nitrogen and oxygen atoms in total. The molecule has 1 aliphatic carbocycles. The Labute approximate surface area is 68.7 Å². The van der Waals surface area contributed by atoms with Crippen LogP contribution >= 0.6 is 0 Å². The maximum atomic E-state index is 5.91. The Morgan fingerprint density at radius 2 is 2.00 bits per heavy atom. The molecule has 0 radical (unpaired) electrons. The zero-order valence-electron chi connectivity index (χ0n) is 7.29. The summed E-state index contributed by atoms with van der Waals surface area (Å²) in [6.45, 7) is 3.46. The first-order valence-electron chi connectivity index (χ1n) is 4.80. The van der Waals surface area contributed by atoms with Crippen molar-refractivity contribution in [2.75, 3.05) is 6.54 Å². The maximum absolute atomic E-state index is 5.91. The van der Waals surface area contributed by atoms with E-state index in [1.165, 1.54) is 25.7 Å². The SMILES string of the molecule is C[C@H]1CN(N)[C@H]2CCCC[C@H]12. The van der Waals surface area contributed by atoms with Crippen LogP contribution in [0.15, 0.2) is 0 Å². The van der Waals surface area contributed by atoms with Crippen molar-refractivity contribution in [3.05, 3.63) is 0 Å². The molecule has 0 aromatic rings. The van der Waals surface area contributed by atoms with Gasteiger partial charge in [0, 0.05) is 12.6 Å². The van der Waals surface area contributed by atoms with Gasteiger partial charge in [0.2, 0.25) is 0 Å². The lowest BCUT2D eigenvalue weighted by Crippen LogP contribution is -2.39. The Kier molecular flexibility index (Phi) is 1.90. The van der Waals surface area contributed by atoms with Crippen LogP contribution in [-0.2, 0) is 0 Å². The van der Waals surface area contributed by atoms with Gasteiger partial charge in [0.15, 0.2) is 0 Å². The molecule has 64 valence electrons. The normalized spacial score (nSPS) is 45.8. The highest BCUT2D eigenvalue weighted by molar-refractivity contribution is 4.90. The Morgan fingerprint density at radius 1 is 1.27 bits per heavy atom. The minimum absolute atomic E-state index is 0.721. The Hall–Kier alpha value is -0.0800. The van der Waals surface area contributed by atoms with Crippen molar-refractivity contribution < 1.29 is 0 Å². The zero-order valence-corrected chi connectivity index (χ0v) is 7.29. The molecule has 0 amide bonds. The Bertz CT molecular complexity index is 130. The second-order valence-electron chi connectivity index (χ2n) is 4.19. The van der Waals surface area contributed by atoms with Gasteiger partial charge < -0.3 is 0 Å². The predicted octanol–water partition coefficient (Wildman–Crippen LogP) is 1.37. The lowest BCUT2D eigenvalue weighted by atomic mass is 9.81. The van der Waals surface area contributed by atoms with Crippen molar-refractivity contribution >= 4 is 0 Å². The van der Waals surface area contributed by atoms with Crippen LogP contribution in [0.5, 0.6) is 0 Å². The molecule has 0 aromatic carbocycles. The van der Waals surface area contributed by atoms with Crippen LogP contribution in [0.1, 0.15) is 32.6 Å². The number of fused-ring (bicyclic) bond motifs is 1. The highest BCUT2D eigenvalue weighted by Crippen LogP contribution is 2.37. The van der Waals surface area contributed by atoms with Crippen LogP contribution < -0.4 is 5.84 Å². The number of nitrogens with two attached hydrogens (primary N) is 1. The van der Waals surface area contributed by atoms with Gasteiger partial charge in [0.25, 0.3) is 0 Å². The van der Waals surface area contributed by atoms with Gasteiger partial charge in [-0.3, -0.25) is 5.84 Å². The third-order valence-corrected chi connectivity index (χ3v) is 3.44. The number of nitrogens with zero attached hydrogens (tertiary/aromatic N) is 1. The largest absolute Gasteiger partial charge is 0.269 e. The van der Waals surface area contributed by atoms with Crippen LogP contribution in [0.3, 0.4) is 0 Å². The van der Waals surface area contributed by atoms with E-state index in [2.05, 4.69) is 11.9 Å². The molecule has 0 bridgehead atoms. The van der Waals surface area contributed by atoms with Crippen molar-refractivity contribution in [3.8, 4) is 0 Å². The molecule has 2 heteroatoms. The van der Waals surface area contributed by atoms with Gasteiger partial charge in [-0.15, -0.1) is 0 Å². The standard InChI is InChI=1S/C9H18N2/c1-7-6-11(10)9-5-3-2-4-8(7)9/h7-9H,2-6,10H2,1H3/t7-,8+,9-/m0/s1. The van der Waals surface area contributed by atoms with Crippen molar-refractivity contribution in [1.82, 2.24) is 5.01 Å². The van der Waals surface area contributed by atoms with E-state index in [0.717, 1.165) is 24.4 Å². The monoisotopic (exact) mass is 154 g/mol. The first kappa shape index (κ1) is 7.56. The van der Waals surface area contributed by atoms with E-state index < -0.39 is 0 Å². The summed E-state index contributed by atoms with van der Waals surface area (Å²) >= 11 is 0. The van der Waals surface area contributed by atoms with E-state index >= 15 is 0 Å². The molecular formula is C9H18N2. The summed E-state index contributed by atoms with van der Waals surface area (Å²) in [5, 5.41) is 2.08. The van der Waals surface area contributed by atoms with Gasteiger partial charge >= 0.3 is 0 Å². The highest BCUT2D eigenvalue weighted by Gasteiger charge is 2.38. The van der Waals surface area contributed by atoms with Gasteiger partial charge in [0.1, 0.15) is 0 Å². The molecule has 1 saturated heterocycles. The number of hydrogen-bond acceptors (Lipinski definition) is 2. The minimum Gasteiger partial charge on any atom is -0.269 e. The lowest BCUT2D eigenvalue weighted by molar-refractivity contribution is 0.183. The molecule has 2 aliphatic rings. The lowest BCUT2D eigenvalue weighted by Gasteiger charge is -2.29. The topological polar surface area (TPSA) is 29.3 Å². The van der Waals surface area contributed by atoms with Gasteiger partial charge in [-0.2, -0.15) is 0 Å². The fraction of sp³-hybridized carbons (Fsp3) is 1.00. The average Bonchev–Trinajstić information content (AvgIpc) is 2.30. The molecule has 2 rings (SSSR count). The van der Waals surface area contributed by atoms with E-state index in [9.17, 15) is 0 Å². The van der Waals surface area contributed by atoms with Crippen LogP contribution in [0, 0.1) is 11.8 Å². The van der Waals surface area contributed by atoms with Gasteiger partial charge in [0.05, 0.1) is 0 Å². The summed E-state index contributed by atoms with van der Waals surface area (Å²) in [6.07, 6.45) is 5.58. The molecule has 1 aliphatic heterocycles. The number of hydrogen-bond donors (Lipinski definition) is 1. The molecule has 11 heavy (non-hydrogen) atoms. The summed E-state index contributed by atoms with van der Waals surface area (Å²) in [4.78, 5) is 0. The molecule has 0 aromatic heterocycles. The van der Waals surface area contributed by atoms with E-state index in [1.54, 1.807) is 0 Å². The second-order valence-corrected chi connectivity index (χ2v) is 4.19. The summed E-state index contributed by atoms with van der Waals surface area (Å²) in [6, 6.07) is 0.721. The van der Waals surface area contributed by atoms with Crippen LogP contribution in [0.4, 0.5) is 0 Å². The van der Waals surface area contributed by atoms with Crippen molar-refractivity contribution in [2.45, 2.75) is 38.6 Å². The minimum atomic E-state index is 0.721. The zero-order chi connectivity index (χ0) is 7.84. The van der Waals surface area contributed by atoms with Crippen LogP contribution in [-0.4, -0.2) is 17.6 Å². The third-order valence-electron chi connectivity index (χ3n) is 3.44. The fourth-order valence-electron chi connectivity index (χ4n) is 2.82. The average molecular weight is 154 g/mol. The number of rotatable bonds is 0. The predicted molar refractivity (Wildman–Crippen MR) is 45.8 cm³/mol. The van der Waals surface area contributed by atoms with Crippen molar-refractivity contribution in [1.29, 1.82) is 0 Å². The highest BCUT2D eigenvalue weighted by atomic mass is 15.4. The van der Waals surface area contributed by atoms with E-state index in [1.807, 2.05) is 0 Å².